The van der Waals surface area contributed by atoms with Crippen LogP contribution < -0.4 is 0 Å². The minimum absolute atomic E-state index is 0.139. The van der Waals surface area contributed by atoms with E-state index in [1.807, 2.05) is 28.0 Å². The first-order chi connectivity index (χ1) is 13.2. The average molecular weight is 370 g/mol. The van der Waals surface area contributed by atoms with Crippen molar-refractivity contribution < 1.29 is 14.3 Å². The fourth-order valence-electron chi connectivity index (χ4n) is 4.76. The van der Waals surface area contributed by atoms with Crippen molar-refractivity contribution in [3.8, 4) is 0 Å². The van der Waals surface area contributed by atoms with Crippen molar-refractivity contribution in [2.24, 2.45) is 5.92 Å². The van der Waals surface area contributed by atoms with Gasteiger partial charge in [0, 0.05) is 32.1 Å². The zero-order valence-electron chi connectivity index (χ0n) is 16.0. The molecule has 3 aliphatic rings. The Labute approximate surface area is 161 Å². The van der Waals surface area contributed by atoms with E-state index in [-0.39, 0.29) is 23.8 Å². The molecular formula is C22H30N2O3. The van der Waals surface area contributed by atoms with Gasteiger partial charge < -0.3 is 14.5 Å². The maximum Gasteiger partial charge on any atom is 0.227 e. The summed E-state index contributed by atoms with van der Waals surface area (Å²) >= 11 is 0. The summed E-state index contributed by atoms with van der Waals surface area (Å²) in [6, 6.07) is 10.6. The Morgan fingerprint density at radius 3 is 2.44 bits per heavy atom. The molecule has 0 radical (unpaired) electrons. The molecule has 0 bridgehead atoms. The molecule has 1 aromatic carbocycles. The summed E-state index contributed by atoms with van der Waals surface area (Å²) in [6.07, 6.45) is 7.02. The van der Waals surface area contributed by atoms with Crippen LogP contribution in [0.15, 0.2) is 30.3 Å². The summed E-state index contributed by atoms with van der Waals surface area (Å²) in [5.74, 6) is 0.214. The van der Waals surface area contributed by atoms with Crippen molar-refractivity contribution in [3.63, 3.8) is 0 Å². The van der Waals surface area contributed by atoms with Crippen LogP contribution in [0.4, 0.5) is 0 Å². The first-order valence-electron chi connectivity index (χ1n) is 10.4. The molecular weight excluding hydrogens is 340 g/mol. The normalized spacial score (nSPS) is 24.7. The number of nitrogens with zero attached hydrogens (tertiary/aromatic N) is 2. The van der Waals surface area contributed by atoms with Gasteiger partial charge in [0.25, 0.3) is 0 Å². The topological polar surface area (TPSA) is 49.9 Å². The quantitative estimate of drug-likeness (QED) is 0.801. The van der Waals surface area contributed by atoms with Crippen molar-refractivity contribution in [1.29, 1.82) is 0 Å². The van der Waals surface area contributed by atoms with E-state index in [2.05, 4.69) is 12.1 Å². The Kier molecular flexibility index (Phi) is 5.77. The van der Waals surface area contributed by atoms with E-state index in [9.17, 15) is 9.59 Å². The third kappa shape index (κ3) is 4.34. The highest BCUT2D eigenvalue weighted by Crippen LogP contribution is 2.30. The van der Waals surface area contributed by atoms with Crippen LogP contribution in [0.5, 0.6) is 0 Å². The summed E-state index contributed by atoms with van der Waals surface area (Å²) in [5, 5.41) is 0. The number of carbonyl (C=O) groups excluding carboxylic acids is 2. The Balaban J connectivity index is 1.23. The second-order valence-corrected chi connectivity index (χ2v) is 8.21. The molecule has 1 aliphatic carbocycles. The third-order valence-corrected chi connectivity index (χ3v) is 6.36. The van der Waals surface area contributed by atoms with Gasteiger partial charge in [-0.1, -0.05) is 43.2 Å². The predicted molar refractivity (Wildman–Crippen MR) is 103 cm³/mol. The largest absolute Gasteiger partial charge is 0.373 e. The molecule has 1 unspecified atom stereocenters. The molecule has 146 valence electrons. The minimum Gasteiger partial charge on any atom is -0.373 e. The molecule has 1 aromatic rings. The molecule has 2 amide bonds. The summed E-state index contributed by atoms with van der Waals surface area (Å²) in [6.45, 7) is 2.75. The lowest BCUT2D eigenvalue weighted by molar-refractivity contribution is -0.138. The summed E-state index contributed by atoms with van der Waals surface area (Å²) in [5.41, 5.74) is 1.19. The van der Waals surface area contributed by atoms with Crippen LogP contribution in [0.2, 0.25) is 0 Å². The van der Waals surface area contributed by atoms with Crippen LogP contribution in [-0.4, -0.2) is 53.4 Å². The average Bonchev–Trinajstić information content (AvgIpc) is 3.36. The Bertz CT molecular complexity index is 649. The van der Waals surface area contributed by atoms with Crippen LogP contribution in [0, 0.1) is 5.92 Å². The molecule has 0 spiro atoms. The van der Waals surface area contributed by atoms with Gasteiger partial charge in [-0.3, -0.25) is 9.59 Å². The molecule has 2 heterocycles. The highest BCUT2D eigenvalue weighted by atomic mass is 16.5. The van der Waals surface area contributed by atoms with Gasteiger partial charge in [-0.2, -0.15) is 0 Å². The fraction of sp³-hybridized carbons (Fsp3) is 0.636. The van der Waals surface area contributed by atoms with Crippen molar-refractivity contribution in [3.05, 3.63) is 35.9 Å². The molecule has 5 nitrogen and oxygen atoms in total. The van der Waals surface area contributed by atoms with Gasteiger partial charge in [-0.25, -0.2) is 0 Å². The third-order valence-electron chi connectivity index (χ3n) is 6.36. The van der Waals surface area contributed by atoms with E-state index in [4.69, 9.17) is 4.74 Å². The summed E-state index contributed by atoms with van der Waals surface area (Å²) in [7, 11) is 0. The van der Waals surface area contributed by atoms with E-state index < -0.39 is 0 Å². The molecule has 27 heavy (non-hydrogen) atoms. The van der Waals surface area contributed by atoms with Gasteiger partial charge in [0.05, 0.1) is 18.6 Å². The zero-order valence-corrected chi connectivity index (χ0v) is 16.0. The maximum absolute atomic E-state index is 12.9. The highest BCUT2D eigenvalue weighted by molar-refractivity contribution is 5.89. The monoisotopic (exact) mass is 370 g/mol. The number of piperidine rings is 1. The standard InChI is InChI=1S/C22H30N2O3/c25-21-14-18(15-24(21)19-8-4-5-9-19)22(26)23-12-10-20(11-13-23)27-16-17-6-2-1-3-7-17/h1-3,6-7,18-20H,4-5,8-16H2. The lowest BCUT2D eigenvalue weighted by atomic mass is 10.0. The number of rotatable bonds is 5. The van der Waals surface area contributed by atoms with E-state index in [0.29, 0.717) is 25.6 Å². The molecule has 1 atom stereocenters. The Morgan fingerprint density at radius 1 is 1.04 bits per heavy atom. The van der Waals surface area contributed by atoms with E-state index in [1.54, 1.807) is 0 Å². The molecule has 3 fully saturated rings. The second-order valence-electron chi connectivity index (χ2n) is 8.21. The van der Waals surface area contributed by atoms with E-state index in [0.717, 1.165) is 38.8 Å². The second kappa shape index (κ2) is 8.42. The van der Waals surface area contributed by atoms with Gasteiger partial charge in [0.1, 0.15) is 0 Å². The number of amides is 2. The van der Waals surface area contributed by atoms with Gasteiger partial charge in [0.15, 0.2) is 0 Å². The first-order valence-corrected chi connectivity index (χ1v) is 10.4. The maximum atomic E-state index is 12.9. The van der Waals surface area contributed by atoms with Gasteiger partial charge >= 0.3 is 0 Å². The predicted octanol–water partition coefficient (Wildman–Crippen LogP) is 2.99. The number of carbonyl (C=O) groups is 2. The SMILES string of the molecule is O=C(C1CC(=O)N(C2CCCC2)C1)N1CCC(OCc2ccccc2)CC1. The number of benzene rings is 1. The van der Waals surface area contributed by atoms with Gasteiger partial charge in [-0.05, 0) is 31.2 Å². The van der Waals surface area contributed by atoms with Crippen molar-refractivity contribution in [2.45, 2.75) is 63.7 Å². The molecule has 2 saturated heterocycles. The number of likely N-dealkylation sites (tertiary alicyclic amines) is 2. The van der Waals surface area contributed by atoms with Crippen molar-refractivity contribution >= 4 is 11.8 Å². The van der Waals surface area contributed by atoms with Crippen molar-refractivity contribution in [2.75, 3.05) is 19.6 Å². The Hall–Kier alpha value is -1.88. The lowest BCUT2D eigenvalue weighted by Gasteiger charge is -2.33. The molecule has 2 aliphatic heterocycles. The van der Waals surface area contributed by atoms with Crippen LogP contribution in [0.3, 0.4) is 0 Å². The highest BCUT2D eigenvalue weighted by Gasteiger charge is 2.40. The Morgan fingerprint density at radius 2 is 1.74 bits per heavy atom. The smallest absolute Gasteiger partial charge is 0.227 e. The fourth-order valence-corrected chi connectivity index (χ4v) is 4.76. The number of hydrogen-bond donors (Lipinski definition) is 0. The minimum atomic E-state index is -0.139. The van der Waals surface area contributed by atoms with Crippen molar-refractivity contribution in [1.82, 2.24) is 9.80 Å². The summed E-state index contributed by atoms with van der Waals surface area (Å²) in [4.78, 5) is 29.2. The summed E-state index contributed by atoms with van der Waals surface area (Å²) < 4.78 is 6.02. The molecule has 0 aromatic heterocycles. The van der Waals surface area contributed by atoms with Crippen LogP contribution in [0.1, 0.15) is 50.5 Å². The number of ether oxygens (including phenoxy) is 1. The zero-order chi connectivity index (χ0) is 18.6. The van der Waals surface area contributed by atoms with Crippen LogP contribution in [0.25, 0.3) is 0 Å². The molecule has 5 heteroatoms. The molecule has 4 rings (SSSR count). The lowest BCUT2D eigenvalue weighted by Crippen LogP contribution is -2.44. The van der Waals surface area contributed by atoms with Crippen LogP contribution in [-0.2, 0) is 20.9 Å². The van der Waals surface area contributed by atoms with Crippen LogP contribution >= 0.6 is 0 Å². The van der Waals surface area contributed by atoms with E-state index >= 15 is 0 Å². The van der Waals surface area contributed by atoms with E-state index in [1.165, 1.54) is 18.4 Å². The first kappa shape index (κ1) is 18.5. The van der Waals surface area contributed by atoms with Gasteiger partial charge in [0.2, 0.25) is 11.8 Å². The molecule has 1 saturated carbocycles. The van der Waals surface area contributed by atoms with Gasteiger partial charge in [-0.15, -0.1) is 0 Å². The number of hydrogen-bond acceptors (Lipinski definition) is 3. The molecule has 0 N–H and O–H groups in total.